The second-order valence-electron chi connectivity index (χ2n) is 3.52. The van der Waals surface area contributed by atoms with Gasteiger partial charge in [0.2, 0.25) is 0 Å². The molecule has 0 spiro atoms. The van der Waals surface area contributed by atoms with Crippen LogP contribution >= 0.6 is 11.6 Å². The van der Waals surface area contributed by atoms with Gasteiger partial charge in [-0.1, -0.05) is 29.8 Å². The van der Waals surface area contributed by atoms with Gasteiger partial charge in [-0.2, -0.15) is 8.42 Å². The molecule has 0 aliphatic carbocycles. The first-order valence-electron chi connectivity index (χ1n) is 5.23. The van der Waals surface area contributed by atoms with Crippen molar-refractivity contribution in [3.63, 3.8) is 0 Å². The van der Waals surface area contributed by atoms with E-state index in [2.05, 4.69) is 0 Å². The predicted molar refractivity (Wildman–Crippen MR) is 74.4 cm³/mol. The van der Waals surface area contributed by atoms with Gasteiger partial charge in [-0.25, -0.2) is 0 Å². The third kappa shape index (κ3) is 5.35. The summed E-state index contributed by atoms with van der Waals surface area (Å²) in [5, 5.41) is 10.4. The zero-order valence-corrected chi connectivity index (χ0v) is 11.6. The molecule has 0 aromatic heterocycles. The average molecular weight is 316 g/mol. The van der Waals surface area contributed by atoms with Crippen molar-refractivity contribution in [1.29, 1.82) is 0 Å². The van der Waals surface area contributed by atoms with Crippen LogP contribution in [0, 0.1) is 10.1 Å². The maximum atomic E-state index is 10.5. The van der Waals surface area contributed by atoms with Gasteiger partial charge in [0.15, 0.2) is 0 Å². The first-order valence-corrected chi connectivity index (χ1v) is 7.05. The maximum Gasteiger partial charge on any atom is 0.294 e. The lowest BCUT2D eigenvalue weighted by Gasteiger charge is -1.94. The molecule has 0 bridgehead atoms. The van der Waals surface area contributed by atoms with E-state index in [0.29, 0.717) is 5.02 Å². The third-order valence-electron chi connectivity index (χ3n) is 2.08. The van der Waals surface area contributed by atoms with E-state index in [-0.39, 0.29) is 10.6 Å². The van der Waals surface area contributed by atoms with E-state index in [0.717, 1.165) is 0 Å². The van der Waals surface area contributed by atoms with Gasteiger partial charge in [0.1, 0.15) is 0 Å². The first kappa shape index (κ1) is 16.1. The summed E-state index contributed by atoms with van der Waals surface area (Å²) in [7, 11) is -4.08. The summed E-state index contributed by atoms with van der Waals surface area (Å²) in [6.45, 7) is 0. The highest BCUT2D eigenvalue weighted by Gasteiger charge is 2.07. The molecule has 2 rings (SSSR count). The molecule has 0 unspecified atom stereocenters. The summed E-state index contributed by atoms with van der Waals surface area (Å²) in [6, 6.07) is 13.2. The van der Waals surface area contributed by atoms with Crippen LogP contribution in [0.2, 0.25) is 5.02 Å². The molecule has 0 atom stereocenters. The molecule has 0 saturated heterocycles. The number of hydrogen-bond acceptors (Lipinski definition) is 4. The lowest BCUT2D eigenvalue weighted by Crippen LogP contribution is -1.96. The van der Waals surface area contributed by atoms with Crippen molar-refractivity contribution < 1.29 is 17.9 Å². The van der Waals surface area contributed by atoms with Gasteiger partial charge in [-0.15, -0.1) is 0 Å². The Hall–Kier alpha value is -1.96. The number of nitro groups is 1. The van der Waals surface area contributed by atoms with Crippen LogP contribution in [0.15, 0.2) is 59.5 Å². The van der Waals surface area contributed by atoms with Gasteiger partial charge in [0.25, 0.3) is 15.8 Å². The fourth-order valence-electron chi connectivity index (χ4n) is 1.16. The highest BCUT2D eigenvalue weighted by Crippen LogP contribution is 2.13. The van der Waals surface area contributed by atoms with Crippen LogP contribution < -0.4 is 0 Å². The van der Waals surface area contributed by atoms with Crippen molar-refractivity contribution in [1.82, 2.24) is 0 Å². The monoisotopic (exact) mass is 315 g/mol. The highest BCUT2D eigenvalue weighted by molar-refractivity contribution is 7.85. The molecular weight excluding hydrogens is 306 g/mol. The Kier molecular flexibility index (Phi) is 5.63. The fourth-order valence-corrected chi connectivity index (χ4v) is 1.76. The summed E-state index contributed by atoms with van der Waals surface area (Å²) in [5.74, 6) is 0. The second-order valence-corrected chi connectivity index (χ2v) is 5.38. The van der Waals surface area contributed by atoms with Gasteiger partial charge in [-0.3, -0.25) is 14.7 Å². The molecule has 0 aliphatic heterocycles. The second kappa shape index (κ2) is 6.99. The predicted octanol–water partition coefficient (Wildman–Crippen LogP) is 3.18. The van der Waals surface area contributed by atoms with Crippen LogP contribution in [0.1, 0.15) is 0 Å². The molecule has 6 nitrogen and oxygen atoms in total. The fraction of sp³-hybridized carbons (Fsp3) is 0. The van der Waals surface area contributed by atoms with E-state index >= 15 is 0 Å². The topological polar surface area (TPSA) is 97.5 Å². The van der Waals surface area contributed by atoms with Crippen molar-refractivity contribution in [3.8, 4) is 0 Å². The minimum Gasteiger partial charge on any atom is -0.282 e. The molecule has 0 heterocycles. The smallest absolute Gasteiger partial charge is 0.282 e. The first-order chi connectivity index (χ1) is 9.30. The lowest BCUT2D eigenvalue weighted by atomic mass is 10.3. The normalized spacial score (nSPS) is 10.3. The van der Waals surface area contributed by atoms with Crippen molar-refractivity contribution in [2.75, 3.05) is 0 Å². The summed E-state index contributed by atoms with van der Waals surface area (Å²) in [4.78, 5) is 9.44. The van der Waals surface area contributed by atoms with Crippen molar-refractivity contribution in [2.45, 2.75) is 4.90 Å². The number of non-ortho nitro benzene ring substituents is 1. The van der Waals surface area contributed by atoms with Crippen molar-refractivity contribution >= 4 is 27.4 Å². The minimum atomic E-state index is -4.08. The third-order valence-corrected chi connectivity index (χ3v) is 3.20. The number of nitro benzene ring substituents is 1. The van der Waals surface area contributed by atoms with Gasteiger partial charge < -0.3 is 0 Å². The van der Waals surface area contributed by atoms with Crippen LogP contribution in [-0.4, -0.2) is 17.9 Å². The van der Waals surface area contributed by atoms with E-state index < -0.39 is 15.0 Å². The zero-order valence-electron chi connectivity index (χ0n) is 10.0. The molecular formula is C12H10ClNO5S. The number of hydrogen-bond donors (Lipinski definition) is 1. The van der Waals surface area contributed by atoms with Crippen LogP contribution in [0.3, 0.4) is 0 Å². The summed E-state index contributed by atoms with van der Waals surface area (Å²) in [6.07, 6.45) is 0. The molecule has 2 aromatic carbocycles. The average Bonchev–Trinajstić information content (AvgIpc) is 2.40. The van der Waals surface area contributed by atoms with Gasteiger partial charge >= 0.3 is 0 Å². The number of para-hydroxylation sites is 1. The van der Waals surface area contributed by atoms with Crippen LogP contribution in [0.5, 0.6) is 0 Å². The van der Waals surface area contributed by atoms with Crippen LogP contribution in [0.25, 0.3) is 0 Å². The Labute approximate surface area is 120 Å². The lowest BCUT2D eigenvalue weighted by molar-refractivity contribution is -0.384. The molecule has 2 aromatic rings. The summed E-state index contributed by atoms with van der Waals surface area (Å²) >= 11 is 5.49. The maximum absolute atomic E-state index is 10.5. The molecule has 1 N–H and O–H groups in total. The standard InChI is InChI=1S/C6H5ClO3S.C6H5NO2/c7-5-1-3-6(4-2-5)11(8,9)10;8-7(9)6-4-2-1-3-5-6/h1-4H,(H,8,9,10);1-5H. The molecule has 20 heavy (non-hydrogen) atoms. The number of benzene rings is 2. The van der Waals surface area contributed by atoms with E-state index in [1.165, 1.54) is 36.4 Å². The highest BCUT2D eigenvalue weighted by atomic mass is 35.5. The van der Waals surface area contributed by atoms with Crippen molar-refractivity contribution in [3.05, 3.63) is 69.7 Å². The van der Waals surface area contributed by atoms with Gasteiger partial charge in [0.05, 0.1) is 9.82 Å². The Balaban J connectivity index is 0.000000204. The van der Waals surface area contributed by atoms with Crippen LogP contribution in [-0.2, 0) is 10.1 Å². The summed E-state index contributed by atoms with van der Waals surface area (Å²) in [5.41, 5.74) is 0.137. The molecule has 0 amide bonds. The number of rotatable bonds is 2. The molecule has 0 aliphatic rings. The Morgan fingerprint density at radius 3 is 1.85 bits per heavy atom. The van der Waals surface area contributed by atoms with Crippen molar-refractivity contribution in [2.24, 2.45) is 0 Å². The van der Waals surface area contributed by atoms with E-state index in [1.54, 1.807) is 18.2 Å². The minimum absolute atomic E-state index is 0.137. The quantitative estimate of drug-likeness (QED) is 0.521. The largest absolute Gasteiger partial charge is 0.294 e. The molecule has 0 fully saturated rings. The van der Waals surface area contributed by atoms with Gasteiger partial charge in [0, 0.05) is 17.2 Å². The van der Waals surface area contributed by atoms with E-state index in [1.807, 2.05) is 0 Å². The Bertz CT molecular complexity index is 671. The SMILES string of the molecule is O=S(=O)(O)c1ccc(Cl)cc1.O=[N+]([O-])c1ccccc1. The Morgan fingerprint density at radius 1 is 1.00 bits per heavy atom. The molecule has 8 heteroatoms. The molecule has 0 saturated carbocycles. The van der Waals surface area contributed by atoms with Gasteiger partial charge in [-0.05, 0) is 24.3 Å². The van der Waals surface area contributed by atoms with E-state index in [4.69, 9.17) is 16.2 Å². The molecule has 0 radical (unpaired) electrons. The zero-order chi connectivity index (χ0) is 15.2. The number of halogens is 1. The summed E-state index contributed by atoms with van der Waals surface area (Å²) < 4.78 is 29.4. The van der Waals surface area contributed by atoms with Crippen LogP contribution in [0.4, 0.5) is 5.69 Å². The Morgan fingerprint density at radius 2 is 1.50 bits per heavy atom. The molecule has 106 valence electrons. The van der Waals surface area contributed by atoms with E-state index in [9.17, 15) is 18.5 Å². The number of nitrogens with zero attached hydrogens (tertiary/aromatic N) is 1.